The minimum Gasteiger partial charge on any atom is -0.384 e. The first-order valence-corrected chi connectivity index (χ1v) is 9.44. The molecular formula is C23H22N2O. The Bertz CT molecular complexity index is 1080. The summed E-state index contributed by atoms with van der Waals surface area (Å²) >= 11 is 0. The highest BCUT2D eigenvalue weighted by Gasteiger charge is 2.33. The topological polar surface area (TPSA) is 48.9 Å². The number of nitrogens with one attached hydrogen (secondary N) is 1. The van der Waals surface area contributed by atoms with Gasteiger partial charge >= 0.3 is 0 Å². The Morgan fingerprint density at radius 3 is 2.38 bits per heavy atom. The molecule has 3 heteroatoms. The van der Waals surface area contributed by atoms with Gasteiger partial charge in [0, 0.05) is 21.9 Å². The lowest BCUT2D eigenvalue weighted by molar-refractivity contribution is -0.00438. The number of pyridine rings is 1. The average molecular weight is 342 g/mol. The normalized spacial score (nSPS) is 17.0. The number of hydrogen-bond donors (Lipinski definition) is 2. The smallest absolute Gasteiger partial charge is 0.107 e. The molecule has 3 nitrogen and oxygen atoms in total. The second-order valence-corrected chi connectivity index (χ2v) is 7.41. The van der Waals surface area contributed by atoms with Gasteiger partial charge in [-0.15, -0.1) is 0 Å². The first-order valence-electron chi connectivity index (χ1n) is 9.44. The SMILES string of the molecule is OC1(c2cc3c([nH]c4ccccc43)c(-c3ccccc3)n2)CCCCC1. The van der Waals surface area contributed by atoms with Gasteiger partial charge in [0.1, 0.15) is 5.60 Å². The van der Waals surface area contributed by atoms with E-state index >= 15 is 0 Å². The van der Waals surface area contributed by atoms with Gasteiger partial charge in [-0.05, 0) is 25.0 Å². The van der Waals surface area contributed by atoms with Crippen LogP contribution in [0.25, 0.3) is 33.1 Å². The molecule has 1 saturated carbocycles. The third-order valence-electron chi connectivity index (χ3n) is 5.70. The lowest BCUT2D eigenvalue weighted by Crippen LogP contribution is -2.29. The summed E-state index contributed by atoms with van der Waals surface area (Å²) in [7, 11) is 0. The second kappa shape index (κ2) is 5.96. The molecule has 0 unspecified atom stereocenters. The molecular weight excluding hydrogens is 320 g/mol. The van der Waals surface area contributed by atoms with Crippen molar-refractivity contribution < 1.29 is 5.11 Å². The molecule has 2 aromatic carbocycles. The maximum Gasteiger partial charge on any atom is 0.107 e. The lowest BCUT2D eigenvalue weighted by Gasteiger charge is -2.32. The van der Waals surface area contributed by atoms with Crippen LogP contribution in [0.1, 0.15) is 37.8 Å². The molecule has 4 aromatic rings. The van der Waals surface area contributed by atoms with E-state index in [1.54, 1.807) is 0 Å². The molecule has 1 aliphatic carbocycles. The molecule has 0 aliphatic heterocycles. The largest absolute Gasteiger partial charge is 0.384 e. The van der Waals surface area contributed by atoms with Crippen LogP contribution in [-0.2, 0) is 5.60 Å². The molecule has 2 heterocycles. The standard InChI is InChI=1S/C23H22N2O/c26-23(13-7-2-8-14-23)20-15-18-17-11-5-6-12-19(17)24-22(18)21(25-20)16-9-3-1-4-10-16/h1,3-6,9-12,15,24,26H,2,7-8,13-14H2. The number of aromatic amines is 1. The first kappa shape index (κ1) is 15.6. The van der Waals surface area contributed by atoms with Crippen LogP contribution >= 0.6 is 0 Å². The molecule has 1 fully saturated rings. The quantitative estimate of drug-likeness (QED) is 0.503. The number of nitrogens with zero attached hydrogens (tertiary/aromatic N) is 1. The molecule has 0 atom stereocenters. The van der Waals surface area contributed by atoms with Gasteiger partial charge in [0.25, 0.3) is 0 Å². The number of aromatic nitrogens is 2. The number of H-pyrrole nitrogens is 1. The molecule has 0 amide bonds. The zero-order valence-corrected chi connectivity index (χ0v) is 14.7. The molecule has 2 N–H and O–H groups in total. The fourth-order valence-electron chi connectivity index (χ4n) is 4.28. The van der Waals surface area contributed by atoms with Crippen molar-refractivity contribution in [2.45, 2.75) is 37.7 Å². The number of rotatable bonds is 2. The van der Waals surface area contributed by atoms with Crippen LogP contribution in [0.15, 0.2) is 60.7 Å². The molecule has 2 aromatic heterocycles. The maximum absolute atomic E-state index is 11.3. The molecule has 0 radical (unpaired) electrons. The van der Waals surface area contributed by atoms with Crippen molar-refractivity contribution >= 4 is 21.8 Å². The van der Waals surface area contributed by atoms with Gasteiger partial charge in [-0.3, -0.25) is 0 Å². The van der Waals surface area contributed by atoms with Crippen molar-refractivity contribution in [2.75, 3.05) is 0 Å². The summed E-state index contributed by atoms with van der Waals surface area (Å²) in [5.74, 6) is 0. The van der Waals surface area contributed by atoms with Gasteiger partial charge in [-0.25, -0.2) is 4.98 Å². The van der Waals surface area contributed by atoms with Gasteiger partial charge in [-0.1, -0.05) is 67.8 Å². The summed E-state index contributed by atoms with van der Waals surface area (Å²) < 4.78 is 0. The first-order chi connectivity index (χ1) is 12.7. The van der Waals surface area contributed by atoms with Crippen molar-refractivity contribution in [1.29, 1.82) is 0 Å². The Labute approximate surface area is 152 Å². The van der Waals surface area contributed by atoms with Crippen LogP contribution in [0.5, 0.6) is 0 Å². The summed E-state index contributed by atoms with van der Waals surface area (Å²) in [6.45, 7) is 0. The van der Waals surface area contributed by atoms with E-state index in [9.17, 15) is 5.11 Å². The lowest BCUT2D eigenvalue weighted by atomic mass is 9.81. The summed E-state index contributed by atoms with van der Waals surface area (Å²) in [5.41, 5.74) is 4.15. The summed E-state index contributed by atoms with van der Waals surface area (Å²) in [4.78, 5) is 8.52. The van der Waals surface area contributed by atoms with Crippen LogP contribution in [0.2, 0.25) is 0 Å². The summed E-state index contributed by atoms with van der Waals surface area (Å²) in [5, 5.41) is 13.6. The highest BCUT2D eigenvalue weighted by atomic mass is 16.3. The number of aliphatic hydroxyl groups is 1. The summed E-state index contributed by atoms with van der Waals surface area (Å²) in [6, 6.07) is 20.7. The fraction of sp³-hybridized carbons (Fsp3) is 0.261. The summed E-state index contributed by atoms with van der Waals surface area (Å²) in [6.07, 6.45) is 4.91. The van der Waals surface area contributed by atoms with Gasteiger partial charge < -0.3 is 10.1 Å². The van der Waals surface area contributed by atoms with Gasteiger partial charge in [-0.2, -0.15) is 0 Å². The second-order valence-electron chi connectivity index (χ2n) is 7.41. The monoisotopic (exact) mass is 342 g/mol. The van der Waals surface area contributed by atoms with Crippen molar-refractivity contribution in [2.24, 2.45) is 0 Å². The number of para-hydroxylation sites is 1. The van der Waals surface area contributed by atoms with Crippen LogP contribution in [0.3, 0.4) is 0 Å². The highest BCUT2D eigenvalue weighted by molar-refractivity contribution is 6.11. The minimum absolute atomic E-state index is 0.794. The number of fused-ring (bicyclic) bond motifs is 3. The number of hydrogen-bond acceptors (Lipinski definition) is 2. The van der Waals surface area contributed by atoms with E-state index in [2.05, 4.69) is 41.4 Å². The Balaban J connectivity index is 1.83. The van der Waals surface area contributed by atoms with E-state index in [-0.39, 0.29) is 0 Å². The molecule has 0 saturated heterocycles. The van der Waals surface area contributed by atoms with Crippen LogP contribution < -0.4 is 0 Å². The van der Waals surface area contributed by atoms with E-state index in [0.29, 0.717) is 0 Å². The van der Waals surface area contributed by atoms with Crippen molar-refractivity contribution in [3.8, 4) is 11.3 Å². The third-order valence-corrected chi connectivity index (χ3v) is 5.70. The Kier molecular flexibility index (Phi) is 3.57. The van der Waals surface area contributed by atoms with Crippen molar-refractivity contribution in [3.05, 3.63) is 66.4 Å². The van der Waals surface area contributed by atoms with Crippen LogP contribution in [-0.4, -0.2) is 15.1 Å². The molecule has 130 valence electrons. The van der Waals surface area contributed by atoms with E-state index in [4.69, 9.17) is 4.98 Å². The Morgan fingerprint density at radius 1 is 0.846 bits per heavy atom. The highest BCUT2D eigenvalue weighted by Crippen LogP contribution is 2.40. The maximum atomic E-state index is 11.3. The van der Waals surface area contributed by atoms with Gasteiger partial charge in [0.05, 0.1) is 16.9 Å². The van der Waals surface area contributed by atoms with Crippen LogP contribution in [0, 0.1) is 0 Å². The molecule has 1 aliphatic rings. The van der Waals surface area contributed by atoms with Crippen molar-refractivity contribution in [1.82, 2.24) is 9.97 Å². The van der Waals surface area contributed by atoms with E-state index in [1.807, 2.05) is 24.3 Å². The number of benzene rings is 2. The van der Waals surface area contributed by atoms with Gasteiger partial charge in [0.15, 0.2) is 0 Å². The Morgan fingerprint density at radius 2 is 1.58 bits per heavy atom. The molecule has 0 bridgehead atoms. The van der Waals surface area contributed by atoms with E-state index < -0.39 is 5.60 Å². The zero-order valence-electron chi connectivity index (χ0n) is 14.7. The Hall–Kier alpha value is -2.65. The average Bonchev–Trinajstić information content (AvgIpc) is 3.07. The van der Waals surface area contributed by atoms with Crippen LogP contribution in [0.4, 0.5) is 0 Å². The fourth-order valence-corrected chi connectivity index (χ4v) is 4.28. The van der Waals surface area contributed by atoms with Gasteiger partial charge in [0.2, 0.25) is 0 Å². The molecule has 5 rings (SSSR count). The van der Waals surface area contributed by atoms with E-state index in [0.717, 1.165) is 59.1 Å². The molecule has 0 spiro atoms. The zero-order chi connectivity index (χ0) is 17.6. The minimum atomic E-state index is -0.811. The molecule has 26 heavy (non-hydrogen) atoms. The third kappa shape index (κ3) is 2.43. The van der Waals surface area contributed by atoms with E-state index in [1.165, 1.54) is 11.8 Å². The van der Waals surface area contributed by atoms with Crippen molar-refractivity contribution in [3.63, 3.8) is 0 Å². The predicted molar refractivity (Wildman–Crippen MR) is 106 cm³/mol. The predicted octanol–water partition coefficient (Wildman–Crippen LogP) is 5.53.